The summed E-state index contributed by atoms with van der Waals surface area (Å²) < 4.78 is 53.1. The van der Waals surface area contributed by atoms with Crippen LogP contribution in [0.15, 0.2) is 54.6 Å². The van der Waals surface area contributed by atoms with Gasteiger partial charge in [-0.25, -0.2) is 14.2 Å². The largest absolute Gasteiger partial charge is 0.486 e. The van der Waals surface area contributed by atoms with Crippen LogP contribution in [0.25, 0.3) is 11.0 Å². The average molecular weight is 579 g/mol. The Balaban J connectivity index is 1.29. The molecule has 11 heteroatoms. The topological polar surface area (TPSA) is 101 Å². The molecule has 1 saturated heterocycles. The van der Waals surface area contributed by atoms with Crippen molar-refractivity contribution in [1.29, 1.82) is 5.26 Å². The first-order valence-corrected chi connectivity index (χ1v) is 13.5. The molecule has 2 heterocycles. The number of fused-ring (bicyclic) bond motifs is 1. The minimum Gasteiger partial charge on any atom is -0.486 e. The van der Waals surface area contributed by atoms with Crippen molar-refractivity contribution >= 4 is 17.0 Å². The number of benzene rings is 3. The summed E-state index contributed by atoms with van der Waals surface area (Å²) in [6.07, 6.45) is 1.09. The number of imidazole rings is 1. The fourth-order valence-electron chi connectivity index (χ4n) is 5.46. The highest BCUT2D eigenvalue weighted by molar-refractivity contribution is 5.95. The number of piperidine rings is 1. The van der Waals surface area contributed by atoms with E-state index in [-0.39, 0.29) is 28.3 Å². The lowest BCUT2D eigenvalue weighted by molar-refractivity contribution is -0.0489. The SMILES string of the molecule is C[C@H](Oc1ccccc1C1CCN(Cc2nc3c(OC(F)F)cc(C(=O)O)cc3n2C)CC1)c1ccc(C#N)cc1F. The predicted molar refractivity (Wildman–Crippen MR) is 148 cm³/mol. The van der Waals surface area contributed by atoms with Crippen LogP contribution in [0.5, 0.6) is 11.5 Å². The number of carboxylic acids is 1. The van der Waals surface area contributed by atoms with Crippen molar-refractivity contribution in [3.8, 4) is 17.6 Å². The maximum atomic E-state index is 14.6. The van der Waals surface area contributed by atoms with Crippen molar-refractivity contribution < 1.29 is 32.5 Å². The van der Waals surface area contributed by atoms with E-state index in [1.54, 1.807) is 30.7 Å². The molecule has 5 rings (SSSR count). The fraction of sp³-hybridized carbons (Fsp3) is 0.323. The van der Waals surface area contributed by atoms with Gasteiger partial charge in [0, 0.05) is 12.6 Å². The lowest BCUT2D eigenvalue weighted by atomic mass is 9.88. The molecule has 1 aliphatic rings. The summed E-state index contributed by atoms with van der Waals surface area (Å²) in [5.74, 6) is -0.509. The molecule has 0 saturated carbocycles. The number of carboxylic acid groups (broad SMARTS) is 1. The molecule has 218 valence electrons. The van der Waals surface area contributed by atoms with Gasteiger partial charge in [-0.1, -0.05) is 24.3 Å². The number of aromatic carboxylic acids is 1. The number of carbonyl (C=O) groups is 1. The third kappa shape index (κ3) is 6.04. The van der Waals surface area contributed by atoms with Gasteiger partial charge in [0.05, 0.1) is 29.3 Å². The minimum atomic E-state index is -3.11. The second kappa shape index (κ2) is 12.1. The summed E-state index contributed by atoms with van der Waals surface area (Å²) in [7, 11) is 1.72. The number of rotatable bonds is 9. The third-order valence-electron chi connectivity index (χ3n) is 7.69. The molecular formula is C31H29F3N4O4. The standard InChI is InChI=1S/C31H29F3N4O4/c1-18(22-8-7-19(16-35)13-24(22)32)41-26-6-4-3-5-23(26)20-9-11-38(12-10-20)17-28-36-29-25(37(28)2)14-21(30(39)40)15-27(29)42-31(33)34/h3-8,13-15,18,20,31H,9-12,17H2,1-2H3,(H,39,40)/t18-/m0/s1. The number of para-hydroxylation sites is 1. The number of alkyl halides is 2. The summed E-state index contributed by atoms with van der Waals surface area (Å²) in [5.41, 5.74) is 2.09. The van der Waals surface area contributed by atoms with Crippen LogP contribution in [0, 0.1) is 17.1 Å². The minimum absolute atomic E-state index is 0.161. The first kappa shape index (κ1) is 29.0. The second-order valence-electron chi connectivity index (χ2n) is 10.3. The summed E-state index contributed by atoms with van der Waals surface area (Å²) >= 11 is 0. The average Bonchev–Trinajstić information content (AvgIpc) is 3.28. The van der Waals surface area contributed by atoms with Crippen molar-refractivity contribution in [2.24, 2.45) is 7.05 Å². The van der Waals surface area contributed by atoms with E-state index in [1.807, 2.05) is 30.3 Å². The van der Waals surface area contributed by atoms with Gasteiger partial charge in [-0.05, 0) is 74.7 Å². The number of aromatic nitrogens is 2. The summed E-state index contributed by atoms with van der Waals surface area (Å²) in [6, 6.07) is 16.5. The number of ether oxygens (including phenoxy) is 2. The Morgan fingerprint density at radius 1 is 1.12 bits per heavy atom. The molecular weight excluding hydrogens is 549 g/mol. The van der Waals surface area contributed by atoms with Gasteiger partial charge >= 0.3 is 12.6 Å². The molecule has 4 aromatic rings. The number of halogens is 3. The molecule has 0 unspecified atom stereocenters. The molecule has 1 fully saturated rings. The fourth-order valence-corrected chi connectivity index (χ4v) is 5.46. The number of hydrogen-bond acceptors (Lipinski definition) is 6. The number of likely N-dealkylation sites (tertiary alicyclic amines) is 1. The zero-order valence-electron chi connectivity index (χ0n) is 23.1. The maximum Gasteiger partial charge on any atom is 0.387 e. The van der Waals surface area contributed by atoms with E-state index >= 15 is 0 Å². The predicted octanol–water partition coefficient (Wildman–Crippen LogP) is 6.40. The first-order chi connectivity index (χ1) is 20.1. The lowest BCUT2D eigenvalue weighted by Crippen LogP contribution is -2.33. The Labute approximate surface area is 240 Å². The van der Waals surface area contributed by atoms with Gasteiger partial charge in [0.1, 0.15) is 29.0 Å². The molecule has 0 bridgehead atoms. The Hall–Kier alpha value is -4.56. The highest BCUT2D eigenvalue weighted by atomic mass is 19.3. The van der Waals surface area contributed by atoms with Crippen LogP contribution in [0.3, 0.4) is 0 Å². The van der Waals surface area contributed by atoms with E-state index in [0.717, 1.165) is 37.6 Å². The molecule has 1 aromatic heterocycles. The van der Waals surface area contributed by atoms with Crippen LogP contribution in [-0.4, -0.2) is 45.2 Å². The first-order valence-electron chi connectivity index (χ1n) is 13.5. The lowest BCUT2D eigenvalue weighted by Gasteiger charge is -2.33. The van der Waals surface area contributed by atoms with E-state index in [2.05, 4.69) is 14.6 Å². The van der Waals surface area contributed by atoms with Gasteiger partial charge in [-0.2, -0.15) is 14.0 Å². The van der Waals surface area contributed by atoms with Crippen molar-refractivity contribution in [2.75, 3.05) is 13.1 Å². The Morgan fingerprint density at radius 3 is 2.52 bits per heavy atom. The van der Waals surface area contributed by atoms with E-state index in [9.17, 15) is 23.1 Å². The summed E-state index contributed by atoms with van der Waals surface area (Å²) in [6.45, 7) is 0.588. The van der Waals surface area contributed by atoms with Gasteiger partial charge in [0.25, 0.3) is 0 Å². The smallest absolute Gasteiger partial charge is 0.387 e. The zero-order valence-corrected chi connectivity index (χ0v) is 23.1. The Morgan fingerprint density at radius 2 is 1.86 bits per heavy atom. The van der Waals surface area contributed by atoms with Gasteiger partial charge < -0.3 is 19.1 Å². The van der Waals surface area contributed by atoms with E-state index in [1.165, 1.54) is 12.1 Å². The van der Waals surface area contributed by atoms with Crippen LogP contribution in [0.4, 0.5) is 13.2 Å². The Kier molecular flexibility index (Phi) is 8.36. The van der Waals surface area contributed by atoms with Crippen LogP contribution < -0.4 is 9.47 Å². The quantitative estimate of drug-likeness (QED) is 0.245. The van der Waals surface area contributed by atoms with Crippen molar-refractivity contribution in [1.82, 2.24) is 14.5 Å². The number of hydrogen-bond donors (Lipinski definition) is 1. The molecule has 0 amide bonds. The zero-order chi connectivity index (χ0) is 30.0. The van der Waals surface area contributed by atoms with Crippen molar-refractivity contribution in [3.05, 3.63) is 88.5 Å². The molecule has 0 spiro atoms. The maximum absolute atomic E-state index is 14.6. The van der Waals surface area contributed by atoms with Crippen LogP contribution in [0.1, 0.15) is 64.7 Å². The number of nitrogens with zero attached hydrogens (tertiary/aromatic N) is 4. The molecule has 42 heavy (non-hydrogen) atoms. The van der Waals surface area contributed by atoms with E-state index in [0.29, 0.717) is 29.2 Å². The van der Waals surface area contributed by atoms with Gasteiger partial charge in [0.15, 0.2) is 5.75 Å². The normalized spacial score (nSPS) is 15.1. The monoisotopic (exact) mass is 578 g/mol. The summed E-state index contributed by atoms with van der Waals surface area (Å²) in [5, 5.41) is 18.4. The van der Waals surface area contributed by atoms with Crippen LogP contribution in [-0.2, 0) is 13.6 Å². The van der Waals surface area contributed by atoms with Crippen LogP contribution in [0.2, 0.25) is 0 Å². The molecule has 1 aliphatic heterocycles. The van der Waals surface area contributed by atoms with Gasteiger partial charge in [-0.15, -0.1) is 0 Å². The Bertz CT molecular complexity index is 1660. The summed E-state index contributed by atoms with van der Waals surface area (Å²) in [4.78, 5) is 18.3. The molecule has 8 nitrogen and oxygen atoms in total. The molecule has 1 N–H and O–H groups in total. The molecule has 0 radical (unpaired) electrons. The molecule has 0 aliphatic carbocycles. The highest BCUT2D eigenvalue weighted by Crippen LogP contribution is 2.37. The number of aryl methyl sites for hydroxylation is 1. The second-order valence-corrected chi connectivity index (χ2v) is 10.3. The molecule has 3 aromatic carbocycles. The van der Waals surface area contributed by atoms with E-state index < -0.39 is 24.5 Å². The third-order valence-corrected chi connectivity index (χ3v) is 7.69. The van der Waals surface area contributed by atoms with Crippen molar-refractivity contribution in [3.63, 3.8) is 0 Å². The highest BCUT2D eigenvalue weighted by Gasteiger charge is 2.26. The van der Waals surface area contributed by atoms with Crippen LogP contribution >= 0.6 is 0 Å². The van der Waals surface area contributed by atoms with E-state index in [4.69, 9.17) is 10.00 Å². The molecule has 1 atom stereocenters. The van der Waals surface area contributed by atoms with Gasteiger partial charge in [-0.3, -0.25) is 4.90 Å². The number of nitriles is 1. The van der Waals surface area contributed by atoms with Gasteiger partial charge in [0.2, 0.25) is 0 Å². The van der Waals surface area contributed by atoms with Crippen molar-refractivity contribution in [2.45, 2.75) is 44.9 Å².